The van der Waals surface area contributed by atoms with Gasteiger partial charge in [-0.15, -0.1) is 0 Å². The largest absolute Gasteiger partial charge is 0.496 e. The number of aromatic nitrogens is 2. The maximum atomic E-state index is 12.2. The Balaban J connectivity index is 0.00000176. The van der Waals surface area contributed by atoms with Crippen LogP contribution in [0, 0.1) is 0 Å². The highest BCUT2D eigenvalue weighted by molar-refractivity contribution is 6.00. The van der Waals surface area contributed by atoms with Crippen LogP contribution >= 0.6 is 0 Å². The fourth-order valence-corrected chi connectivity index (χ4v) is 3.57. The van der Waals surface area contributed by atoms with Gasteiger partial charge in [-0.1, -0.05) is 32.6 Å². The van der Waals surface area contributed by atoms with Crippen LogP contribution in [0.1, 0.15) is 40.2 Å². The Morgan fingerprint density at radius 3 is 2.53 bits per heavy atom. The van der Waals surface area contributed by atoms with Crippen molar-refractivity contribution in [2.45, 2.75) is 34.6 Å². The number of carbonyl (C=O) groups is 1. The van der Waals surface area contributed by atoms with Crippen LogP contribution in [-0.2, 0) is 4.79 Å². The zero-order chi connectivity index (χ0) is 23.8. The molecule has 0 saturated heterocycles. The third kappa shape index (κ3) is 4.85. The summed E-state index contributed by atoms with van der Waals surface area (Å²) < 4.78 is 11.6. The molecule has 0 radical (unpaired) electrons. The fourth-order valence-electron chi connectivity index (χ4n) is 3.57. The monoisotopic (exact) mass is 435 g/mol. The van der Waals surface area contributed by atoms with Crippen molar-refractivity contribution in [3.05, 3.63) is 71.7 Å². The van der Waals surface area contributed by atoms with Crippen LogP contribution in [-0.4, -0.2) is 41.6 Å². The van der Waals surface area contributed by atoms with Crippen LogP contribution in [0.3, 0.4) is 0 Å². The first-order valence-corrected chi connectivity index (χ1v) is 10.7. The summed E-state index contributed by atoms with van der Waals surface area (Å²) in [7, 11) is 3.61. The molecule has 0 aliphatic carbocycles. The molecule has 1 aliphatic heterocycles. The lowest BCUT2D eigenvalue weighted by molar-refractivity contribution is -0.113. The van der Waals surface area contributed by atoms with Crippen molar-refractivity contribution < 1.29 is 14.3 Å². The summed E-state index contributed by atoms with van der Waals surface area (Å²) in [6.07, 6.45) is 9.59. The molecule has 170 valence electrons. The van der Waals surface area contributed by atoms with Gasteiger partial charge in [0, 0.05) is 52.8 Å². The van der Waals surface area contributed by atoms with Gasteiger partial charge in [0.25, 0.3) is 0 Å². The Hall–Kier alpha value is -3.54. The molecule has 32 heavy (non-hydrogen) atoms. The number of ether oxygens (including phenoxy) is 2. The fraction of sp³-hybridized carbons (Fsp3) is 0.308. The number of carbonyl (C=O) groups excluding carboxylic acids is 1. The molecule has 1 N–H and O–H groups in total. The standard InChI is InChI=1S/C24H27N3O3.C2H6/c1-7-9-18(8-2)27(5)24-20-10-19(17-12-25-26-13-17)22(29-6)11-23(20)30-14-21(24)15(3)16(4)28;1-2/h7-13H,3,14H2,1-2,4-6H3,(H,25,26);1-2H3/b9-7-,18-8+;. The molecule has 6 heteroatoms. The van der Waals surface area contributed by atoms with E-state index >= 15 is 0 Å². The number of nitrogens with zero attached hydrogens (tertiary/aromatic N) is 2. The van der Waals surface area contributed by atoms with Gasteiger partial charge in [0.05, 0.1) is 19.0 Å². The maximum Gasteiger partial charge on any atom is 0.159 e. The summed E-state index contributed by atoms with van der Waals surface area (Å²) in [6, 6.07) is 3.89. The Kier molecular flexibility index (Phi) is 8.64. The predicted molar refractivity (Wildman–Crippen MR) is 130 cm³/mol. The van der Waals surface area contributed by atoms with E-state index in [4.69, 9.17) is 9.47 Å². The second-order valence-corrected chi connectivity index (χ2v) is 6.96. The third-order valence-electron chi connectivity index (χ3n) is 5.17. The van der Waals surface area contributed by atoms with E-state index < -0.39 is 0 Å². The quantitative estimate of drug-likeness (QED) is 0.442. The Morgan fingerprint density at radius 1 is 1.28 bits per heavy atom. The Morgan fingerprint density at radius 2 is 2.00 bits per heavy atom. The number of Topliss-reactive ketones (excluding diaryl/α,β-unsaturated/α-hetero) is 1. The maximum absolute atomic E-state index is 12.2. The number of fused-ring (bicyclic) bond motifs is 1. The number of H-pyrrole nitrogens is 1. The van der Waals surface area contributed by atoms with Crippen LogP contribution in [0.4, 0.5) is 0 Å². The molecule has 2 aromatic rings. The van der Waals surface area contributed by atoms with E-state index in [9.17, 15) is 4.79 Å². The highest BCUT2D eigenvalue weighted by Gasteiger charge is 2.28. The zero-order valence-corrected chi connectivity index (χ0v) is 20.1. The molecule has 0 spiro atoms. The average molecular weight is 436 g/mol. The highest BCUT2D eigenvalue weighted by Crippen LogP contribution is 2.44. The van der Waals surface area contributed by atoms with E-state index in [1.165, 1.54) is 6.92 Å². The number of nitrogens with one attached hydrogen (secondary N) is 1. The molecule has 1 aromatic heterocycles. The van der Waals surface area contributed by atoms with E-state index in [2.05, 4.69) is 21.7 Å². The van der Waals surface area contributed by atoms with Crippen molar-refractivity contribution in [3.8, 4) is 22.6 Å². The number of methoxy groups -OCH3 is 1. The molecule has 0 unspecified atom stereocenters. The zero-order valence-electron chi connectivity index (χ0n) is 20.1. The number of likely N-dealkylation sites (N-methyl/N-ethyl adjacent to an activating group) is 1. The van der Waals surface area contributed by atoms with Crippen LogP contribution in [0.25, 0.3) is 16.8 Å². The number of hydrogen-bond donors (Lipinski definition) is 1. The van der Waals surface area contributed by atoms with Crippen molar-refractivity contribution in [3.63, 3.8) is 0 Å². The Labute approximate surface area is 190 Å². The van der Waals surface area contributed by atoms with Gasteiger partial charge < -0.3 is 14.4 Å². The molecule has 1 aliphatic rings. The topological polar surface area (TPSA) is 67.5 Å². The number of allylic oxidation sites excluding steroid dienone is 3. The number of benzene rings is 1. The first-order valence-electron chi connectivity index (χ1n) is 10.7. The minimum atomic E-state index is -0.0837. The predicted octanol–water partition coefficient (Wildman–Crippen LogP) is 5.77. The summed E-state index contributed by atoms with van der Waals surface area (Å²) in [6.45, 7) is 13.8. The SMILES string of the molecule is C=C(C(C)=O)C1=C(N(C)C(/C=C\C)=C/C)c2cc(-c3cn[nH]c3)c(OC)cc2OC1.CC. The molecule has 0 fully saturated rings. The van der Waals surface area contributed by atoms with E-state index in [1.807, 2.05) is 71.3 Å². The van der Waals surface area contributed by atoms with Gasteiger partial charge in [-0.25, -0.2) is 0 Å². The smallest absolute Gasteiger partial charge is 0.159 e. The Bertz CT molecular complexity index is 1060. The van der Waals surface area contributed by atoms with Crippen molar-refractivity contribution in [1.82, 2.24) is 15.1 Å². The lowest BCUT2D eigenvalue weighted by Gasteiger charge is -2.32. The summed E-state index contributed by atoms with van der Waals surface area (Å²) >= 11 is 0. The molecule has 0 atom stereocenters. The molecule has 3 rings (SSSR count). The molecule has 0 saturated carbocycles. The van der Waals surface area contributed by atoms with Crippen molar-refractivity contribution in [2.24, 2.45) is 0 Å². The number of hydrogen-bond acceptors (Lipinski definition) is 5. The lowest BCUT2D eigenvalue weighted by Crippen LogP contribution is -2.25. The molecule has 1 aromatic carbocycles. The first kappa shape index (κ1) is 24.7. The molecular weight excluding hydrogens is 402 g/mol. The molecule has 6 nitrogen and oxygen atoms in total. The molecule has 0 amide bonds. The number of ketones is 1. The second kappa shape index (κ2) is 11.2. The summed E-state index contributed by atoms with van der Waals surface area (Å²) in [5, 5.41) is 6.90. The van der Waals surface area contributed by atoms with Crippen LogP contribution in [0.15, 0.2) is 66.2 Å². The van der Waals surface area contributed by atoms with Crippen LogP contribution in [0.5, 0.6) is 11.5 Å². The van der Waals surface area contributed by atoms with Gasteiger partial charge in [-0.2, -0.15) is 5.10 Å². The van der Waals surface area contributed by atoms with Crippen molar-refractivity contribution >= 4 is 11.5 Å². The minimum absolute atomic E-state index is 0.0837. The average Bonchev–Trinajstić information content (AvgIpc) is 3.36. The summed E-state index contributed by atoms with van der Waals surface area (Å²) in [5.41, 5.74) is 5.73. The van der Waals surface area contributed by atoms with Gasteiger partial charge in [0.1, 0.15) is 18.1 Å². The number of rotatable bonds is 7. The van der Waals surface area contributed by atoms with E-state index in [0.29, 0.717) is 17.1 Å². The van der Waals surface area contributed by atoms with Gasteiger partial charge in [-0.05, 0) is 32.9 Å². The van der Waals surface area contributed by atoms with Crippen LogP contribution < -0.4 is 9.47 Å². The van der Waals surface area contributed by atoms with Gasteiger partial charge in [-0.3, -0.25) is 9.89 Å². The van der Waals surface area contributed by atoms with Crippen molar-refractivity contribution in [1.29, 1.82) is 0 Å². The van der Waals surface area contributed by atoms with E-state index in [1.54, 1.807) is 13.3 Å². The van der Waals surface area contributed by atoms with Gasteiger partial charge in [0.2, 0.25) is 0 Å². The minimum Gasteiger partial charge on any atom is -0.496 e. The molecular formula is C26H33N3O3. The normalized spacial score (nSPS) is 13.2. The molecule has 0 bridgehead atoms. The highest BCUT2D eigenvalue weighted by atomic mass is 16.5. The summed E-state index contributed by atoms with van der Waals surface area (Å²) in [4.78, 5) is 14.2. The van der Waals surface area contributed by atoms with E-state index in [-0.39, 0.29) is 12.4 Å². The van der Waals surface area contributed by atoms with Crippen molar-refractivity contribution in [2.75, 3.05) is 20.8 Å². The van der Waals surface area contributed by atoms with Gasteiger partial charge >= 0.3 is 0 Å². The summed E-state index contributed by atoms with van der Waals surface area (Å²) in [5.74, 6) is 1.29. The first-order chi connectivity index (χ1) is 15.4. The van der Waals surface area contributed by atoms with Gasteiger partial charge in [0.15, 0.2) is 5.78 Å². The molecule has 2 heterocycles. The van der Waals surface area contributed by atoms with E-state index in [0.717, 1.165) is 33.7 Å². The third-order valence-corrected chi connectivity index (χ3v) is 5.17. The number of aromatic amines is 1. The lowest BCUT2D eigenvalue weighted by atomic mass is 9.92. The second-order valence-electron chi connectivity index (χ2n) is 6.96. The van der Waals surface area contributed by atoms with Crippen LogP contribution in [0.2, 0.25) is 0 Å².